The van der Waals surface area contributed by atoms with Crippen molar-refractivity contribution in [1.29, 1.82) is 0 Å². The molecule has 2 rings (SSSR count). The molecule has 66 valence electrons. The SMILES string of the molecule is Cc1ccc(-c2csc[n+]2[O-])cc1. The van der Waals surface area contributed by atoms with Crippen LogP contribution in [0, 0.1) is 12.1 Å². The van der Waals surface area contributed by atoms with Gasteiger partial charge in [0.2, 0.25) is 11.2 Å². The van der Waals surface area contributed by atoms with Crippen molar-refractivity contribution in [2.75, 3.05) is 0 Å². The molecule has 0 unspecified atom stereocenters. The lowest BCUT2D eigenvalue weighted by Gasteiger charge is -1.98. The van der Waals surface area contributed by atoms with Gasteiger partial charge in [-0.2, -0.15) is 4.73 Å². The molecular formula is C10H9NOS. The first-order valence-corrected chi connectivity index (χ1v) is 4.94. The Bertz CT molecular complexity index is 405. The van der Waals surface area contributed by atoms with E-state index in [9.17, 15) is 5.21 Å². The minimum absolute atomic E-state index is 0.727. The molecule has 13 heavy (non-hydrogen) atoms. The number of rotatable bonds is 1. The number of nitrogens with zero attached hydrogens (tertiary/aromatic N) is 1. The molecule has 2 nitrogen and oxygen atoms in total. The van der Waals surface area contributed by atoms with Crippen LogP contribution in [0.2, 0.25) is 0 Å². The van der Waals surface area contributed by atoms with Crippen LogP contribution in [0.3, 0.4) is 0 Å². The lowest BCUT2D eigenvalue weighted by molar-refractivity contribution is -0.588. The molecule has 0 saturated heterocycles. The standard InChI is InChI=1S/C10H9NOS/c1-8-2-4-9(5-3-8)10-6-13-7-11(10)12/h2-7H,1H3. The third kappa shape index (κ3) is 1.55. The first-order chi connectivity index (χ1) is 6.27. The van der Waals surface area contributed by atoms with Gasteiger partial charge in [0, 0.05) is 5.56 Å². The highest BCUT2D eigenvalue weighted by Gasteiger charge is 2.07. The second kappa shape index (κ2) is 3.18. The summed E-state index contributed by atoms with van der Waals surface area (Å²) in [6, 6.07) is 7.94. The molecule has 0 aliphatic rings. The third-order valence-corrected chi connectivity index (χ3v) is 2.59. The van der Waals surface area contributed by atoms with Crippen LogP contribution in [-0.4, -0.2) is 0 Å². The van der Waals surface area contributed by atoms with Crippen molar-refractivity contribution in [3.63, 3.8) is 0 Å². The Kier molecular flexibility index (Phi) is 2.02. The quantitative estimate of drug-likeness (QED) is 0.502. The van der Waals surface area contributed by atoms with Gasteiger partial charge in [0.05, 0.1) is 5.38 Å². The van der Waals surface area contributed by atoms with E-state index in [0.717, 1.165) is 16.0 Å². The summed E-state index contributed by atoms with van der Waals surface area (Å²) in [6.07, 6.45) is 0. The molecule has 2 aromatic rings. The predicted molar refractivity (Wildman–Crippen MR) is 53.5 cm³/mol. The molecule has 0 saturated carbocycles. The molecule has 0 bridgehead atoms. The van der Waals surface area contributed by atoms with Gasteiger partial charge in [0.1, 0.15) is 0 Å². The van der Waals surface area contributed by atoms with E-state index in [1.165, 1.54) is 16.9 Å². The summed E-state index contributed by atoms with van der Waals surface area (Å²) in [5, 5.41) is 13.1. The van der Waals surface area contributed by atoms with Gasteiger partial charge >= 0.3 is 0 Å². The highest BCUT2D eigenvalue weighted by atomic mass is 32.1. The fraction of sp³-hybridized carbons (Fsp3) is 0.100. The number of thiazole rings is 1. The number of aromatic nitrogens is 1. The Labute approximate surface area is 80.7 Å². The van der Waals surface area contributed by atoms with Crippen molar-refractivity contribution in [3.8, 4) is 11.3 Å². The molecule has 0 fully saturated rings. The Morgan fingerprint density at radius 1 is 1.23 bits per heavy atom. The smallest absolute Gasteiger partial charge is 0.236 e. The van der Waals surface area contributed by atoms with Crippen LogP contribution in [0.25, 0.3) is 11.3 Å². The van der Waals surface area contributed by atoms with Gasteiger partial charge in [-0.1, -0.05) is 29.0 Å². The molecule has 0 radical (unpaired) electrons. The molecule has 1 aromatic heterocycles. The van der Waals surface area contributed by atoms with Gasteiger partial charge in [-0.15, -0.1) is 0 Å². The van der Waals surface area contributed by atoms with E-state index in [4.69, 9.17) is 0 Å². The van der Waals surface area contributed by atoms with Crippen LogP contribution in [-0.2, 0) is 0 Å². The van der Waals surface area contributed by atoms with Crippen LogP contribution in [0.4, 0.5) is 0 Å². The minimum atomic E-state index is 0.727. The summed E-state index contributed by atoms with van der Waals surface area (Å²) in [5.41, 5.74) is 4.46. The Morgan fingerprint density at radius 2 is 1.92 bits per heavy atom. The van der Waals surface area contributed by atoms with Gasteiger partial charge in [-0.25, -0.2) is 0 Å². The van der Waals surface area contributed by atoms with Crippen LogP contribution in [0.1, 0.15) is 5.56 Å². The lowest BCUT2D eigenvalue weighted by Crippen LogP contribution is -2.24. The topological polar surface area (TPSA) is 26.9 Å². The van der Waals surface area contributed by atoms with Crippen molar-refractivity contribution in [1.82, 2.24) is 0 Å². The zero-order valence-electron chi connectivity index (χ0n) is 7.23. The molecule has 3 heteroatoms. The van der Waals surface area contributed by atoms with Crippen molar-refractivity contribution >= 4 is 11.3 Å². The van der Waals surface area contributed by atoms with Gasteiger partial charge in [0.15, 0.2) is 0 Å². The first-order valence-electron chi connectivity index (χ1n) is 4.00. The zero-order chi connectivity index (χ0) is 9.26. The zero-order valence-corrected chi connectivity index (χ0v) is 8.04. The Hall–Kier alpha value is -1.35. The van der Waals surface area contributed by atoms with Gasteiger partial charge < -0.3 is 5.21 Å². The van der Waals surface area contributed by atoms with E-state index in [2.05, 4.69) is 0 Å². The number of hydrogen-bond donors (Lipinski definition) is 0. The normalized spacial score (nSPS) is 10.2. The number of benzene rings is 1. The van der Waals surface area contributed by atoms with E-state index in [-0.39, 0.29) is 0 Å². The fourth-order valence-electron chi connectivity index (χ4n) is 1.18. The molecule has 0 atom stereocenters. The lowest BCUT2D eigenvalue weighted by atomic mass is 10.1. The van der Waals surface area contributed by atoms with Crippen LogP contribution in [0.15, 0.2) is 35.2 Å². The molecule has 0 amide bonds. The highest BCUT2D eigenvalue weighted by molar-refractivity contribution is 7.07. The van der Waals surface area contributed by atoms with Gasteiger partial charge in [-0.05, 0) is 19.1 Å². The summed E-state index contributed by atoms with van der Waals surface area (Å²) >= 11 is 1.42. The molecular weight excluding hydrogens is 182 g/mol. The van der Waals surface area contributed by atoms with E-state index < -0.39 is 0 Å². The first kappa shape index (κ1) is 8.26. The van der Waals surface area contributed by atoms with E-state index in [1.807, 2.05) is 36.6 Å². The van der Waals surface area contributed by atoms with Crippen molar-refractivity contribution < 1.29 is 4.73 Å². The summed E-state index contributed by atoms with van der Waals surface area (Å²) in [4.78, 5) is 0. The number of aryl methyl sites for hydroxylation is 1. The predicted octanol–water partition coefficient (Wildman–Crippen LogP) is 2.36. The molecule has 0 aliphatic heterocycles. The van der Waals surface area contributed by atoms with E-state index in [0.29, 0.717) is 0 Å². The van der Waals surface area contributed by atoms with Crippen molar-refractivity contribution in [3.05, 3.63) is 45.9 Å². The molecule has 0 spiro atoms. The average Bonchev–Trinajstić information content (AvgIpc) is 2.53. The van der Waals surface area contributed by atoms with E-state index in [1.54, 1.807) is 5.51 Å². The summed E-state index contributed by atoms with van der Waals surface area (Å²) in [6.45, 7) is 2.03. The van der Waals surface area contributed by atoms with Gasteiger partial charge in [0.25, 0.3) is 0 Å². The molecule has 1 aromatic carbocycles. The van der Waals surface area contributed by atoms with Crippen molar-refractivity contribution in [2.45, 2.75) is 6.92 Å². The fourth-order valence-corrected chi connectivity index (χ4v) is 1.83. The second-order valence-electron chi connectivity index (χ2n) is 2.94. The Balaban J connectivity index is 2.47. The number of hydrogen-bond acceptors (Lipinski definition) is 2. The average molecular weight is 191 g/mol. The largest absolute Gasteiger partial charge is 0.618 e. The van der Waals surface area contributed by atoms with Crippen LogP contribution < -0.4 is 4.73 Å². The van der Waals surface area contributed by atoms with Crippen LogP contribution in [0.5, 0.6) is 0 Å². The summed E-state index contributed by atoms with van der Waals surface area (Å²) in [5.74, 6) is 0. The Morgan fingerprint density at radius 3 is 2.46 bits per heavy atom. The molecule has 1 heterocycles. The third-order valence-electron chi connectivity index (χ3n) is 1.92. The summed E-state index contributed by atoms with van der Waals surface area (Å²) in [7, 11) is 0. The summed E-state index contributed by atoms with van der Waals surface area (Å²) < 4.78 is 0.898. The molecule has 0 aliphatic carbocycles. The maximum absolute atomic E-state index is 11.2. The van der Waals surface area contributed by atoms with Crippen LogP contribution >= 0.6 is 11.3 Å². The van der Waals surface area contributed by atoms with E-state index >= 15 is 0 Å². The maximum atomic E-state index is 11.2. The van der Waals surface area contributed by atoms with Gasteiger partial charge in [-0.3, -0.25) is 0 Å². The van der Waals surface area contributed by atoms with Crippen molar-refractivity contribution in [2.24, 2.45) is 0 Å². The maximum Gasteiger partial charge on any atom is 0.236 e. The minimum Gasteiger partial charge on any atom is -0.618 e. The monoisotopic (exact) mass is 191 g/mol. The second-order valence-corrected chi connectivity index (χ2v) is 3.66. The molecule has 0 N–H and O–H groups in total. The highest BCUT2D eigenvalue weighted by Crippen LogP contribution is 2.17.